The Morgan fingerprint density at radius 2 is 1.70 bits per heavy atom. The molecule has 0 saturated heterocycles. The first-order valence-corrected chi connectivity index (χ1v) is 10.1. The summed E-state index contributed by atoms with van der Waals surface area (Å²) in [5.41, 5.74) is 2.51. The van der Waals surface area contributed by atoms with Crippen molar-refractivity contribution in [2.45, 2.75) is 38.1 Å². The van der Waals surface area contributed by atoms with Crippen molar-refractivity contribution >= 4 is 11.3 Å². The van der Waals surface area contributed by atoms with Crippen LogP contribution in [-0.4, -0.2) is 26.0 Å². The van der Waals surface area contributed by atoms with Gasteiger partial charge in [-0.1, -0.05) is 42.7 Å². The van der Waals surface area contributed by atoms with Crippen molar-refractivity contribution in [3.63, 3.8) is 0 Å². The van der Waals surface area contributed by atoms with Crippen molar-refractivity contribution < 1.29 is 10.2 Å². The summed E-state index contributed by atoms with van der Waals surface area (Å²) in [7, 11) is 1.93. The number of hydrogen-bond acceptors (Lipinski definition) is 5. The molecule has 4 rings (SSSR count). The van der Waals surface area contributed by atoms with Crippen LogP contribution < -0.4 is 4.80 Å². The van der Waals surface area contributed by atoms with Crippen LogP contribution in [0.5, 0.6) is 11.5 Å². The lowest BCUT2D eigenvalue weighted by atomic mass is 9.96. The van der Waals surface area contributed by atoms with Gasteiger partial charge in [0, 0.05) is 18.2 Å². The van der Waals surface area contributed by atoms with Gasteiger partial charge in [-0.25, -0.2) is 4.68 Å². The maximum absolute atomic E-state index is 10.3. The second kappa shape index (κ2) is 7.56. The first kappa shape index (κ1) is 17.8. The summed E-state index contributed by atoms with van der Waals surface area (Å²) >= 11 is 1.58. The second-order valence-electron chi connectivity index (χ2n) is 7.01. The van der Waals surface area contributed by atoms with Crippen molar-refractivity contribution in [3.05, 3.63) is 47.3 Å². The van der Waals surface area contributed by atoms with E-state index in [0.29, 0.717) is 6.04 Å². The Morgan fingerprint density at radius 1 is 1.00 bits per heavy atom. The van der Waals surface area contributed by atoms with Gasteiger partial charge in [0.05, 0.1) is 6.04 Å². The summed E-state index contributed by atoms with van der Waals surface area (Å²) in [4.78, 5) is 5.85. The summed E-state index contributed by atoms with van der Waals surface area (Å²) in [6, 6.07) is 12.7. The van der Waals surface area contributed by atoms with Crippen LogP contribution in [0.2, 0.25) is 0 Å². The fourth-order valence-corrected chi connectivity index (χ4v) is 4.44. The van der Waals surface area contributed by atoms with E-state index in [9.17, 15) is 10.2 Å². The molecular formula is C21H23N3O2S. The fourth-order valence-electron chi connectivity index (χ4n) is 3.49. The van der Waals surface area contributed by atoms with Gasteiger partial charge in [-0.3, -0.25) is 4.99 Å². The van der Waals surface area contributed by atoms with Crippen molar-refractivity contribution in [1.82, 2.24) is 9.78 Å². The minimum atomic E-state index is 0.204. The summed E-state index contributed by atoms with van der Waals surface area (Å²) in [5, 5.41) is 25.3. The smallest absolute Gasteiger partial charge is 0.203 e. The molecule has 2 aromatic carbocycles. The molecule has 0 unspecified atom stereocenters. The van der Waals surface area contributed by atoms with Gasteiger partial charge in [0.15, 0.2) is 0 Å². The molecule has 0 aliphatic heterocycles. The van der Waals surface area contributed by atoms with E-state index in [1.54, 1.807) is 41.7 Å². The number of nitrogens with zero attached hydrogens (tertiary/aromatic N) is 3. The fraction of sp³-hybridized carbons (Fsp3) is 0.333. The molecule has 140 valence electrons. The summed E-state index contributed by atoms with van der Waals surface area (Å²) in [6.07, 6.45) is 6.17. The monoisotopic (exact) mass is 381 g/mol. The molecule has 0 spiro atoms. The van der Waals surface area contributed by atoms with Crippen LogP contribution in [-0.2, 0) is 7.05 Å². The molecule has 3 aromatic rings. The number of aryl methyl sites for hydroxylation is 1. The molecule has 1 saturated carbocycles. The Hall–Kier alpha value is -2.60. The summed E-state index contributed by atoms with van der Waals surface area (Å²) in [6.45, 7) is 0. The Morgan fingerprint density at radius 3 is 2.44 bits per heavy atom. The molecule has 6 heteroatoms. The number of phenols is 2. The predicted molar refractivity (Wildman–Crippen MR) is 108 cm³/mol. The third kappa shape index (κ3) is 3.90. The van der Waals surface area contributed by atoms with E-state index in [1.165, 1.54) is 19.3 Å². The van der Waals surface area contributed by atoms with E-state index < -0.39 is 0 Å². The third-order valence-corrected chi connectivity index (χ3v) is 6.06. The lowest BCUT2D eigenvalue weighted by Crippen LogP contribution is -2.18. The van der Waals surface area contributed by atoms with Gasteiger partial charge in [-0.05, 0) is 48.7 Å². The van der Waals surface area contributed by atoms with Crippen LogP contribution in [0.15, 0.2) is 47.5 Å². The highest BCUT2D eigenvalue weighted by molar-refractivity contribution is 7.12. The molecule has 1 fully saturated rings. The molecule has 0 radical (unpaired) electrons. The van der Waals surface area contributed by atoms with Crippen molar-refractivity contribution in [3.8, 4) is 33.2 Å². The number of aromatic hydroxyl groups is 2. The number of aromatic nitrogens is 2. The zero-order valence-corrected chi connectivity index (χ0v) is 16.1. The lowest BCUT2D eigenvalue weighted by molar-refractivity contribution is 0.434. The quantitative estimate of drug-likeness (QED) is 0.704. The average molecular weight is 382 g/mol. The molecule has 1 heterocycles. The van der Waals surface area contributed by atoms with E-state index in [4.69, 9.17) is 4.99 Å². The van der Waals surface area contributed by atoms with E-state index in [2.05, 4.69) is 5.10 Å². The maximum atomic E-state index is 10.3. The number of phenolic OH excluding ortho intramolecular Hbond substituents is 2. The van der Waals surface area contributed by atoms with Crippen molar-refractivity contribution in [1.29, 1.82) is 0 Å². The summed E-state index contributed by atoms with van der Waals surface area (Å²) < 4.78 is 1.85. The minimum Gasteiger partial charge on any atom is -0.508 e. The molecule has 5 nitrogen and oxygen atoms in total. The van der Waals surface area contributed by atoms with Crippen LogP contribution in [0, 0.1) is 0 Å². The largest absolute Gasteiger partial charge is 0.508 e. The lowest BCUT2D eigenvalue weighted by Gasteiger charge is -2.16. The Labute approximate surface area is 162 Å². The van der Waals surface area contributed by atoms with Crippen molar-refractivity contribution in [2.75, 3.05) is 0 Å². The zero-order chi connectivity index (χ0) is 18.8. The normalized spacial score (nSPS) is 16.0. The van der Waals surface area contributed by atoms with Gasteiger partial charge in [-0.15, -0.1) is 0 Å². The molecule has 0 bridgehead atoms. The van der Waals surface area contributed by atoms with Crippen molar-refractivity contribution in [2.24, 2.45) is 12.0 Å². The first-order chi connectivity index (χ1) is 13.1. The topological polar surface area (TPSA) is 70.6 Å². The predicted octanol–water partition coefficient (Wildman–Crippen LogP) is 4.46. The highest BCUT2D eigenvalue weighted by atomic mass is 32.1. The standard InChI is InChI=1S/C21H23N3O2S/c1-24-21(22-16-5-3-2-4-6-16)27-20(23-24)15-9-12-19(26)18(13-15)14-7-10-17(25)11-8-14/h7-13,16,25-26H,2-6H2,1H3. The van der Waals surface area contributed by atoms with Gasteiger partial charge < -0.3 is 10.2 Å². The molecule has 0 amide bonds. The Kier molecular flexibility index (Phi) is 4.99. The van der Waals surface area contributed by atoms with Crippen LogP contribution in [0.25, 0.3) is 21.7 Å². The van der Waals surface area contributed by atoms with Gasteiger partial charge in [0.1, 0.15) is 16.5 Å². The van der Waals surface area contributed by atoms with E-state index in [0.717, 1.165) is 39.3 Å². The Bertz CT molecular complexity index is 999. The third-order valence-electron chi connectivity index (χ3n) is 5.00. The first-order valence-electron chi connectivity index (χ1n) is 9.31. The van der Waals surface area contributed by atoms with E-state index in [1.807, 2.05) is 23.9 Å². The minimum absolute atomic E-state index is 0.204. The molecule has 2 N–H and O–H groups in total. The van der Waals surface area contributed by atoms with E-state index in [-0.39, 0.29) is 11.5 Å². The highest BCUT2D eigenvalue weighted by Crippen LogP contribution is 2.34. The molecule has 0 atom stereocenters. The van der Waals surface area contributed by atoms with Crippen LogP contribution in [0.4, 0.5) is 0 Å². The maximum Gasteiger partial charge on any atom is 0.203 e. The average Bonchev–Trinajstić information content (AvgIpc) is 3.04. The van der Waals surface area contributed by atoms with Gasteiger partial charge in [0.2, 0.25) is 4.80 Å². The molecule has 1 aromatic heterocycles. The number of hydrogen-bond donors (Lipinski definition) is 2. The SMILES string of the molecule is Cn1nc(-c2ccc(O)c(-c3ccc(O)cc3)c2)sc1=NC1CCCCC1. The number of benzene rings is 2. The van der Waals surface area contributed by atoms with Gasteiger partial charge >= 0.3 is 0 Å². The molecule has 1 aliphatic rings. The van der Waals surface area contributed by atoms with Crippen LogP contribution in [0.3, 0.4) is 0 Å². The van der Waals surface area contributed by atoms with Crippen LogP contribution >= 0.6 is 11.3 Å². The zero-order valence-electron chi connectivity index (χ0n) is 15.3. The Balaban J connectivity index is 1.70. The molecule has 1 aliphatic carbocycles. The van der Waals surface area contributed by atoms with E-state index >= 15 is 0 Å². The highest BCUT2D eigenvalue weighted by Gasteiger charge is 2.14. The summed E-state index contributed by atoms with van der Waals surface area (Å²) in [5.74, 6) is 0.410. The van der Waals surface area contributed by atoms with Crippen LogP contribution in [0.1, 0.15) is 32.1 Å². The second-order valence-corrected chi connectivity index (χ2v) is 7.97. The van der Waals surface area contributed by atoms with Gasteiger partial charge in [0.25, 0.3) is 0 Å². The number of rotatable bonds is 3. The molecule has 27 heavy (non-hydrogen) atoms. The molecular weight excluding hydrogens is 358 g/mol. The van der Waals surface area contributed by atoms with Gasteiger partial charge in [-0.2, -0.15) is 5.10 Å².